The minimum absolute atomic E-state index is 0. The molecule has 1 aliphatic heterocycles. The zero-order valence-electron chi connectivity index (χ0n) is 16.3. The first kappa shape index (κ1) is 23.0. The van der Waals surface area contributed by atoms with E-state index in [1.54, 1.807) is 20.9 Å². The van der Waals surface area contributed by atoms with Gasteiger partial charge < -0.3 is 15.4 Å². The minimum Gasteiger partial charge on any atom is -0.487 e. The Hall–Kier alpha value is -1.03. The molecule has 1 aromatic rings. The maximum atomic E-state index is 11.9. The van der Waals surface area contributed by atoms with Gasteiger partial charge in [-0.2, -0.15) is 0 Å². The second kappa shape index (κ2) is 8.33. The third-order valence-corrected chi connectivity index (χ3v) is 6.75. The Morgan fingerprint density at radius 2 is 1.96 bits per heavy atom. The normalized spacial score (nSPS) is 19.6. The number of fused-ring (bicyclic) bond motifs is 1. The van der Waals surface area contributed by atoms with Crippen LogP contribution in [0.15, 0.2) is 29.3 Å². The lowest BCUT2D eigenvalue weighted by Crippen LogP contribution is -2.50. The van der Waals surface area contributed by atoms with E-state index in [2.05, 4.69) is 29.5 Å². The minimum atomic E-state index is -3.17. The summed E-state index contributed by atoms with van der Waals surface area (Å²) >= 11 is 0. The number of nitrogens with zero attached hydrogens (tertiary/aromatic N) is 1. The van der Waals surface area contributed by atoms with E-state index in [1.807, 2.05) is 24.3 Å². The van der Waals surface area contributed by atoms with E-state index >= 15 is 0 Å². The van der Waals surface area contributed by atoms with Crippen molar-refractivity contribution in [1.82, 2.24) is 10.6 Å². The SMILES string of the molecule is CN=C(NCC(C)(C)S(C)(=O)=O)NC1CC(C)(C)Oc2ccccc21.I. The summed E-state index contributed by atoms with van der Waals surface area (Å²) in [6.45, 7) is 7.80. The van der Waals surface area contributed by atoms with Crippen LogP contribution in [0.2, 0.25) is 0 Å². The Bertz CT molecular complexity index is 761. The first-order valence-electron chi connectivity index (χ1n) is 8.40. The molecule has 26 heavy (non-hydrogen) atoms. The van der Waals surface area contributed by atoms with Gasteiger partial charge in [-0.15, -0.1) is 24.0 Å². The van der Waals surface area contributed by atoms with Crippen LogP contribution in [0.25, 0.3) is 0 Å². The van der Waals surface area contributed by atoms with Gasteiger partial charge in [0.15, 0.2) is 15.8 Å². The fourth-order valence-electron chi connectivity index (χ4n) is 2.72. The molecule has 0 saturated carbocycles. The number of guanidine groups is 1. The van der Waals surface area contributed by atoms with E-state index in [1.165, 1.54) is 6.26 Å². The van der Waals surface area contributed by atoms with Gasteiger partial charge in [-0.05, 0) is 33.8 Å². The highest BCUT2D eigenvalue weighted by Crippen LogP contribution is 2.39. The number of nitrogens with one attached hydrogen (secondary N) is 2. The van der Waals surface area contributed by atoms with Crippen molar-refractivity contribution in [3.8, 4) is 5.75 Å². The first-order chi connectivity index (χ1) is 11.5. The summed E-state index contributed by atoms with van der Waals surface area (Å²) < 4.78 is 28.9. The van der Waals surface area contributed by atoms with E-state index in [0.29, 0.717) is 5.96 Å². The van der Waals surface area contributed by atoms with E-state index in [0.717, 1.165) is 17.7 Å². The third kappa shape index (κ3) is 5.48. The van der Waals surface area contributed by atoms with Gasteiger partial charge in [-0.25, -0.2) is 8.42 Å². The Kier molecular flexibility index (Phi) is 7.37. The average molecular weight is 495 g/mol. The van der Waals surface area contributed by atoms with Crippen molar-refractivity contribution in [3.63, 3.8) is 0 Å². The van der Waals surface area contributed by atoms with Gasteiger partial charge in [-0.1, -0.05) is 18.2 Å². The molecule has 1 heterocycles. The van der Waals surface area contributed by atoms with Crippen molar-refractivity contribution in [3.05, 3.63) is 29.8 Å². The standard InChI is InChI=1S/C18H29N3O3S.HI/c1-17(2)11-14(13-9-7-8-10-15(13)24-17)21-16(19-5)20-12-18(3,4)25(6,22)23;/h7-10,14H,11-12H2,1-6H3,(H2,19,20,21);1H. The topological polar surface area (TPSA) is 79.8 Å². The van der Waals surface area contributed by atoms with Gasteiger partial charge >= 0.3 is 0 Å². The van der Waals surface area contributed by atoms with Crippen LogP contribution < -0.4 is 15.4 Å². The molecule has 0 radical (unpaired) electrons. The number of sulfone groups is 1. The number of halogens is 1. The van der Waals surface area contributed by atoms with Crippen molar-refractivity contribution in [2.75, 3.05) is 19.8 Å². The highest BCUT2D eigenvalue weighted by molar-refractivity contribution is 14.0. The molecule has 0 aromatic heterocycles. The summed E-state index contributed by atoms with van der Waals surface area (Å²) in [7, 11) is -1.49. The van der Waals surface area contributed by atoms with Crippen molar-refractivity contribution >= 4 is 39.8 Å². The zero-order valence-corrected chi connectivity index (χ0v) is 19.4. The number of para-hydroxylation sites is 1. The van der Waals surface area contributed by atoms with Gasteiger partial charge in [0, 0.05) is 31.8 Å². The molecule has 1 aliphatic rings. The number of benzene rings is 1. The van der Waals surface area contributed by atoms with Crippen LogP contribution in [0.4, 0.5) is 0 Å². The molecule has 6 nitrogen and oxygen atoms in total. The van der Waals surface area contributed by atoms with E-state index in [4.69, 9.17) is 4.74 Å². The molecular formula is C18H30IN3O3S. The van der Waals surface area contributed by atoms with Gasteiger partial charge in [0.1, 0.15) is 11.4 Å². The molecule has 1 unspecified atom stereocenters. The van der Waals surface area contributed by atoms with Crippen molar-refractivity contribution < 1.29 is 13.2 Å². The van der Waals surface area contributed by atoms with Crippen molar-refractivity contribution in [2.45, 2.75) is 50.5 Å². The fourth-order valence-corrected chi connectivity index (χ4v) is 3.05. The highest BCUT2D eigenvalue weighted by Gasteiger charge is 2.35. The maximum Gasteiger partial charge on any atom is 0.191 e. The van der Waals surface area contributed by atoms with E-state index in [9.17, 15) is 8.42 Å². The molecule has 0 spiro atoms. The Morgan fingerprint density at radius 1 is 1.35 bits per heavy atom. The van der Waals surface area contributed by atoms with Crippen LogP contribution in [-0.2, 0) is 9.84 Å². The third-order valence-electron chi connectivity index (χ3n) is 4.60. The number of rotatable bonds is 4. The number of hydrogen-bond donors (Lipinski definition) is 2. The Balaban J connectivity index is 0.00000338. The number of ether oxygens (including phenoxy) is 1. The molecule has 0 amide bonds. The summed E-state index contributed by atoms with van der Waals surface area (Å²) in [6, 6.07) is 7.98. The predicted octanol–water partition coefficient (Wildman–Crippen LogP) is 2.90. The molecule has 1 aromatic carbocycles. The fraction of sp³-hybridized carbons (Fsp3) is 0.611. The quantitative estimate of drug-likeness (QED) is 0.382. The summed E-state index contributed by atoms with van der Waals surface area (Å²) in [5, 5.41) is 6.55. The predicted molar refractivity (Wildman–Crippen MR) is 117 cm³/mol. The molecule has 148 valence electrons. The molecule has 0 aliphatic carbocycles. The van der Waals surface area contributed by atoms with Crippen molar-refractivity contribution in [1.29, 1.82) is 0 Å². The molecular weight excluding hydrogens is 465 g/mol. The average Bonchev–Trinajstić information content (AvgIpc) is 2.49. The van der Waals surface area contributed by atoms with Crippen LogP contribution in [0, 0.1) is 0 Å². The first-order valence-corrected chi connectivity index (χ1v) is 10.3. The molecule has 8 heteroatoms. The Morgan fingerprint density at radius 3 is 2.54 bits per heavy atom. The molecule has 0 bridgehead atoms. The second-order valence-corrected chi connectivity index (χ2v) is 10.4. The summed E-state index contributed by atoms with van der Waals surface area (Å²) in [6.07, 6.45) is 2.03. The Labute approximate surface area is 174 Å². The second-order valence-electron chi connectivity index (χ2n) is 7.76. The number of hydrogen-bond acceptors (Lipinski definition) is 4. The molecule has 1 atom stereocenters. The monoisotopic (exact) mass is 495 g/mol. The maximum absolute atomic E-state index is 11.9. The number of aliphatic imine (C=N–C) groups is 1. The van der Waals surface area contributed by atoms with E-state index in [-0.39, 0.29) is 42.2 Å². The summed E-state index contributed by atoms with van der Waals surface area (Å²) in [5.74, 6) is 1.44. The van der Waals surface area contributed by atoms with Crippen LogP contribution >= 0.6 is 24.0 Å². The summed E-state index contributed by atoms with van der Waals surface area (Å²) in [4.78, 5) is 4.25. The molecule has 2 rings (SSSR count). The van der Waals surface area contributed by atoms with Gasteiger partial charge in [-0.3, -0.25) is 4.99 Å². The lowest BCUT2D eigenvalue weighted by Gasteiger charge is -2.38. The highest BCUT2D eigenvalue weighted by atomic mass is 127. The largest absolute Gasteiger partial charge is 0.487 e. The molecule has 2 N–H and O–H groups in total. The molecule has 0 fully saturated rings. The molecule has 0 saturated heterocycles. The van der Waals surface area contributed by atoms with Gasteiger partial charge in [0.2, 0.25) is 0 Å². The summed E-state index contributed by atoms with van der Waals surface area (Å²) in [5.41, 5.74) is 0.781. The van der Waals surface area contributed by atoms with Gasteiger partial charge in [0.25, 0.3) is 0 Å². The van der Waals surface area contributed by atoms with E-state index < -0.39 is 14.6 Å². The zero-order chi connectivity index (χ0) is 18.9. The smallest absolute Gasteiger partial charge is 0.191 e. The van der Waals surface area contributed by atoms with Gasteiger partial charge in [0.05, 0.1) is 10.8 Å². The van der Waals surface area contributed by atoms with Crippen LogP contribution in [-0.4, -0.2) is 44.6 Å². The lowest BCUT2D eigenvalue weighted by molar-refractivity contribution is 0.0694. The van der Waals surface area contributed by atoms with Crippen molar-refractivity contribution in [2.24, 2.45) is 4.99 Å². The van der Waals surface area contributed by atoms with Crippen LogP contribution in [0.5, 0.6) is 5.75 Å². The van der Waals surface area contributed by atoms with Crippen LogP contribution in [0.1, 0.15) is 45.7 Å². The van der Waals surface area contributed by atoms with Crippen LogP contribution in [0.3, 0.4) is 0 Å². The lowest BCUT2D eigenvalue weighted by atomic mass is 9.90.